The molecule has 0 aliphatic carbocycles. The summed E-state index contributed by atoms with van der Waals surface area (Å²) in [5.74, 6) is 4.26. The molecular formula is H2NO2Si. The lowest BCUT2D eigenvalue weighted by molar-refractivity contribution is -0.208. The Bertz CT molecular complexity index is 8.00. The van der Waals surface area contributed by atoms with E-state index in [1.807, 2.05) is 0 Å². The fourth-order valence-corrected chi connectivity index (χ4v) is 0. The molecule has 0 atom stereocenters. The Morgan fingerprint density at radius 3 is 2.00 bits per heavy atom. The summed E-state index contributed by atoms with van der Waals surface area (Å²) in [5, 5.41) is 0. The summed E-state index contributed by atoms with van der Waals surface area (Å²) in [6, 6.07) is 0. The van der Waals surface area contributed by atoms with Crippen molar-refractivity contribution in [1.82, 2.24) is 0 Å². The molecule has 23 valence electrons. The highest BCUT2D eigenvalue weighted by molar-refractivity contribution is 5.97. The van der Waals surface area contributed by atoms with Crippen molar-refractivity contribution in [2.45, 2.75) is 0 Å². The SMILES string of the molecule is NOO[Si]. The molecule has 2 N–H and O–H groups in total. The van der Waals surface area contributed by atoms with E-state index in [0.717, 1.165) is 0 Å². The van der Waals surface area contributed by atoms with Crippen LogP contribution in [-0.4, -0.2) is 10.5 Å². The lowest BCUT2D eigenvalue weighted by Crippen LogP contribution is -1.95. The summed E-state index contributed by atoms with van der Waals surface area (Å²) >= 11 is 0. The maximum atomic E-state index is 4.26. The van der Waals surface area contributed by atoms with Gasteiger partial charge in [0.25, 0.3) is 0 Å². The first-order valence-electron chi connectivity index (χ1n) is 0.606. The lowest BCUT2D eigenvalue weighted by atomic mass is 13.5. The standard InChI is InChI=1S/H2NO2Si/c1-2-3-4/h1H2. The second-order valence-corrected chi connectivity index (χ2v) is 0.346. The molecule has 4 heavy (non-hydrogen) atoms. The largest absolute Gasteiger partial charge is 0.305 e. The summed E-state index contributed by atoms with van der Waals surface area (Å²) in [6.07, 6.45) is 0. The highest BCUT2D eigenvalue weighted by Crippen LogP contribution is 1.42. The molecule has 0 saturated heterocycles. The van der Waals surface area contributed by atoms with Crippen LogP contribution in [0, 0.1) is 0 Å². The molecule has 0 aliphatic heterocycles. The van der Waals surface area contributed by atoms with Crippen molar-refractivity contribution in [1.29, 1.82) is 0 Å². The van der Waals surface area contributed by atoms with Crippen molar-refractivity contribution in [2.75, 3.05) is 0 Å². The normalized spacial score (nSPS) is 7.50. The average Bonchev–Trinajstić information content (AvgIpc) is 1.37. The highest BCUT2D eigenvalue weighted by atomic mass is 28.2. The van der Waals surface area contributed by atoms with Gasteiger partial charge in [0.05, 0.1) is 0 Å². The van der Waals surface area contributed by atoms with Gasteiger partial charge in [-0.2, -0.15) is 10.9 Å². The lowest BCUT2D eigenvalue weighted by Gasteiger charge is -1.77. The summed E-state index contributed by atoms with van der Waals surface area (Å²) in [4.78, 5) is 3.46. The van der Waals surface area contributed by atoms with Gasteiger partial charge in [0.1, 0.15) is 0 Å². The molecule has 0 aromatic heterocycles. The summed E-state index contributed by atoms with van der Waals surface area (Å²) in [5.41, 5.74) is 0. The molecule has 0 aromatic rings. The zero-order chi connectivity index (χ0) is 3.41. The van der Waals surface area contributed by atoms with Gasteiger partial charge in [0.15, 0.2) is 0 Å². The monoisotopic (exact) mass is 76.0 g/mol. The minimum Gasteiger partial charge on any atom is -0.271 e. The molecule has 0 rings (SSSR count). The van der Waals surface area contributed by atoms with Crippen LogP contribution in [0.15, 0.2) is 0 Å². The van der Waals surface area contributed by atoms with E-state index in [2.05, 4.69) is 25.9 Å². The Kier molecular flexibility index (Phi) is 3.17. The van der Waals surface area contributed by atoms with E-state index in [4.69, 9.17) is 0 Å². The molecule has 0 saturated carbocycles. The topological polar surface area (TPSA) is 44.5 Å². The average molecular weight is 76.1 g/mol. The minimum absolute atomic E-state index is 2.44. The third kappa shape index (κ3) is 2.10. The van der Waals surface area contributed by atoms with Gasteiger partial charge < -0.3 is 0 Å². The zero-order valence-corrected chi connectivity index (χ0v) is 2.89. The van der Waals surface area contributed by atoms with Crippen LogP contribution in [0.1, 0.15) is 0 Å². The summed E-state index contributed by atoms with van der Waals surface area (Å²) in [7, 11) is 2.44. The molecule has 3 nitrogen and oxygen atoms in total. The van der Waals surface area contributed by atoms with Gasteiger partial charge in [-0.15, -0.1) is 0 Å². The Balaban J connectivity index is 1.97. The predicted molar refractivity (Wildman–Crippen MR) is 12.1 cm³/mol. The Morgan fingerprint density at radius 1 is 1.75 bits per heavy atom. The molecule has 0 unspecified atom stereocenters. The van der Waals surface area contributed by atoms with Gasteiger partial charge >= 0.3 is 10.5 Å². The van der Waals surface area contributed by atoms with Crippen LogP contribution in [0.5, 0.6) is 0 Å². The Labute approximate surface area is 27.1 Å². The predicted octanol–water partition coefficient (Wildman–Crippen LogP) is -1.11. The minimum atomic E-state index is 2.44. The van der Waals surface area contributed by atoms with Crippen LogP contribution in [0.3, 0.4) is 0 Å². The number of hydrogen-bond donors (Lipinski definition) is 1. The summed E-state index contributed by atoms with van der Waals surface area (Å²) < 4.78 is 3.62. The third-order valence-electron chi connectivity index (χ3n) is 0.0481. The molecule has 0 heterocycles. The molecular weight excluding hydrogens is 74.1 g/mol. The number of hydrogen-bond acceptors (Lipinski definition) is 3. The van der Waals surface area contributed by atoms with Gasteiger partial charge in [-0.25, -0.2) is 0 Å². The van der Waals surface area contributed by atoms with Crippen LogP contribution >= 0.6 is 0 Å². The smallest absolute Gasteiger partial charge is 0.271 e. The summed E-state index contributed by atoms with van der Waals surface area (Å²) in [6.45, 7) is 0. The molecule has 3 radical (unpaired) electrons. The van der Waals surface area contributed by atoms with Crippen LogP contribution < -0.4 is 5.90 Å². The maximum absolute atomic E-state index is 4.26. The zero-order valence-electron chi connectivity index (χ0n) is 1.89. The molecule has 0 aliphatic rings. The van der Waals surface area contributed by atoms with Crippen molar-refractivity contribution in [3.8, 4) is 0 Å². The number of nitrogens with two attached hydrogens (primary N) is 1. The fraction of sp³-hybridized carbons (Fsp3) is 0. The maximum Gasteiger partial charge on any atom is 0.305 e. The van der Waals surface area contributed by atoms with E-state index in [1.165, 1.54) is 0 Å². The van der Waals surface area contributed by atoms with Crippen LogP contribution in [0.4, 0.5) is 0 Å². The van der Waals surface area contributed by atoms with Crippen molar-refractivity contribution >= 4 is 10.5 Å². The fourth-order valence-electron chi connectivity index (χ4n) is 0. The third-order valence-corrected chi connectivity index (χ3v) is 0.144. The van der Waals surface area contributed by atoms with Gasteiger partial charge in [-0.1, -0.05) is 0 Å². The van der Waals surface area contributed by atoms with Crippen molar-refractivity contribution in [2.24, 2.45) is 5.90 Å². The van der Waals surface area contributed by atoms with Gasteiger partial charge in [-0.3, -0.25) is 4.58 Å². The molecule has 0 aromatic carbocycles. The van der Waals surface area contributed by atoms with Crippen LogP contribution in [0.25, 0.3) is 0 Å². The second kappa shape index (κ2) is 3.10. The van der Waals surface area contributed by atoms with Crippen molar-refractivity contribution in [3.05, 3.63) is 0 Å². The first-order chi connectivity index (χ1) is 1.91. The van der Waals surface area contributed by atoms with E-state index in [-0.39, 0.29) is 0 Å². The molecule has 4 heteroatoms. The Morgan fingerprint density at radius 2 is 2.00 bits per heavy atom. The van der Waals surface area contributed by atoms with E-state index in [1.54, 1.807) is 0 Å². The van der Waals surface area contributed by atoms with Gasteiger partial charge in [0.2, 0.25) is 0 Å². The van der Waals surface area contributed by atoms with Gasteiger partial charge in [0, 0.05) is 0 Å². The van der Waals surface area contributed by atoms with Crippen molar-refractivity contribution in [3.63, 3.8) is 0 Å². The van der Waals surface area contributed by atoms with E-state index < -0.39 is 0 Å². The molecule has 0 bridgehead atoms. The molecule has 0 fully saturated rings. The molecule has 0 spiro atoms. The first-order valence-corrected chi connectivity index (χ1v) is 1.01. The molecule has 0 amide bonds. The highest BCUT2D eigenvalue weighted by Gasteiger charge is 1.50. The number of rotatable bonds is 1. The quantitative estimate of drug-likeness (QED) is 0.245. The van der Waals surface area contributed by atoms with Crippen LogP contribution in [-0.2, 0) is 9.57 Å². The van der Waals surface area contributed by atoms with Crippen molar-refractivity contribution < 1.29 is 9.57 Å². The van der Waals surface area contributed by atoms with Gasteiger partial charge in [-0.05, 0) is 0 Å². The van der Waals surface area contributed by atoms with E-state index in [0.29, 0.717) is 0 Å². The van der Waals surface area contributed by atoms with E-state index >= 15 is 0 Å². The first kappa shape index (κ1) is 4.10. The van der Waals surface area contributed by atoms with E-state index in [9.17, 15) is 0 Å². The second-order valence-electron chi connectivity index (χ2n) is 0.180. The Hall–Kier alpha value is 0.0969. The van der Waals surface area contributed by atoms with Crippen LogP contribution in [0.2, 0.25) is 0 Å².